The first-order valence-electron chi connectivity index (χ1n) is 18.1. The van der Waals surface area contributed by atoms with E-state index >= 15 is 0 Å². The summed E-state index contributed by atoms with van der Waals surface area (Å²) in [5.41, 5.74) is 10.3. The van der Waals surface area contributed by atoms with E-state index in [1.54, 1.807) is 0 Å². The van der Waals surface area contributed by atoms with Gasteiger partial charge < -0.3 is 0 Å². The van der Waals surface area contributed by atoms with E-state index < -0.39 is 0 Å². The van der Waals surface area contributed by atoms with Crippen LogP contribution >= 0.6 is 0 Å². The minimum absolute atomic E-state index is 0.111. The van der Waals surface area contributed by atoms with Crippen LogP contribution in [0.5, 0.6) is 0 Å². The predicted octanol–water partition coefficient (Wildman–Crippen LogP) is 11.8. The van der Waals surface area contributed by atoms with Gasteiger partial charge in [-0.2, -0.15) is 0 Å². The molecule has 252 valence electrons. The molecule has 11 aromatic rings. The quantitative estimate of drug-likeness (QED) is 0.0998. The van der Waals surface area contributed by atoms with E-state index in [0.717, 1.165) is 60.7 Å². The number of oxazole rings is 1. The van der Waals surface area contributed by atoms with Crippen LogP contribution in [0.25, 0.3) is 103 Å². The molecule has 0 amide bonds. The monoisotopic (exact) mass is 756 g/mol. The van der Waals surface area contributed by atoms with Crippen LogP contribution in [-0.4, -0.2) is 24.5 Å². The molecule has 0 bridgehead atoms. The van der Waals surface area contributed by atoms with Gasteiger partial charge in [-0.05, 0) is 12.1 Å². The van der Waals surface area contributed by atoms with Crippen LogP contribution in [0.1, 0.15) is 0 Å². The van der Waals surface area contributed by atoms with E-state index in [2.05, 4.69) is 156 Å². The van der Waals surface area contributed by atoms with Gasteiger partial charge in [-0.1, -0.05) is 18.2 Å². The third-order valence-corrected chi connectivity index (χ3v) is 13.1. The van der Waals surface area contributed by atoms with Crippen molar-refractivity contribution in [3.8, 4) is 50.8 Å². The summed E-state index contributed by atoms with van der Waals surface area (Å²) in [6.45, 7) is 0. The molecule has 0 aliphatic heterocycles. The van der Waals surface area contributed by atoms with Gasteiger partial charge in [0.05, 0.1) is 0 Å². The Kier molecular flexibility index (Phi) is 7.16. The second kappa shape index (κ2) is 12.5. The summed E-state index contributed by atoms with van der Waals surface area (Å²) in [6.07, 6.45) is 4.38. The molecule has 0 saturated carbocycles. The maximum absolute atomic E-state index is 6.55. The SMILES string of the molecule is c1ccc(-c2c[n+](-c3cccc4c3[se]c3c(-c5ccccc5)cccc34)cc(-c3ccc4ccc5ccc6nc(-c7ccccc7)oc6c5c4c3)n2)cc1. The van der Waals surface area contributed by atoms with Crippen LogP contribution in [-0.2, 0) is 0 Å². The summed E-state index contributed by atoms with van der Waals surface area (Å²) in [4.78, 5) is 10.2. The second-order valence-electron chi connectivity index (χ2n) is 13.6. The minimum atomic E-state index is 0.111. The first-order chi connectivity index (χ1) is 26.7. The van der Waals surface area contributed by atoms with Gasteiger partial charge in [-0.3, -0.25) is 0 Å². The van der Waals surface area contributed by atoms with E-state index in [1.165, 1.54) is 36.1 Å². The van der Waals surface area contributed by atoms with E-state index in [0.29, 0.717) is 5.89 Å². The van der Waals surface area contributed by atoms with Crippen LogP contribution in [0.4, 0.5) is 0 Å². The normalized spacial score (nSPS) is 11.7. The topological polar surface area (TPSA) is 42.8 Å². The van der Waals surface area contributed by atoms with Gasteiger partial charge in [0.2, 0.25) is 0 Å². The Morgan fingerprint density at radius 3 is 1.87 bits per heavy atom. The summed E-state index contributed by atoms with van der Waals surface area (Å²) < 4.78 is 11.7. The average Bonchev–Trinajstić information content (AvgIpc) is 3.87. The maximum atomic E-state index is 6.55. The van der Waals surface area contributed by atoms with Gasteiger partial charge in [0.25, 0.3) is 0 Å². The number of nitrogens with zero attached hydrogens (tertiary/aromatic N) is 3. The molecular formula is C49H30N3OSe+. The summed E-state index contributed by atoms with van der Waals surface area (Å²) in [5.74, 6) is 0.625. The Hall–Kier alpha value is -6.65. The van der Waals surface area contributed by atoms with E-state index in [-0.39, 0.29) is 14.5 Å². The zero-order valence-electron chi connectivity index (χ0n) is 29.0. The van der Waals surface area contributed by atoms with Crippen molar-refractivity contribution < 1.29 is 8.98 Å². The third kappa shape index (κ3) is 5.09. The van der Waals surface area contributed by atoms with Gasteiger partial charge in [0, 0.05) is 5.56 Å². The summed E-state index contributed by atoms with van der Waals surface area (Å²) in [6, 6.07) is 60.0. The molecule has 54 heavy (non-hydrogen) atoms. The van der Waals surface area contributed by atoms with E-state index in [4.69, 9.17) is 14.4 Å². The molecule has 0 radical (unpaired) electrons. The van der Waals surface area contributed by atoms with E-state index in [9.17, 15) is 0 Å². The van der Waals surface area contributed by atoms with Gasteiger partial charge >= 0.3 is 283 Å². The van der Waals surface area contributed by atoms with Crippen LogP contribution in [0.3, 0.4) is 0 Å². The molecule has 8 aromatic carbocycles. The number of hydrogen-bond donors (Lipinski definition) is 0. The summed E-state index contributed by atoms with van der Waals surface area (Å²) >= 11 is 0.111. The van der Waals surface area contributed by atoms with Crippen LogP contribution in [0, 0.1) is 0 Å². The molecule has 4 nitrogen and oxygen atoms in total. The molecule has 0 aliphatic rings. The van der Waals surface area contributed by atoms with Crippen molar-refractivity contribution in [3.05, 3.63) is 182 Å². The zero-order chi connectivity index (χ0) is 35.6. The summed E-state index contributed by atoms with van der Waals surface area (Å²) in [7, 11) is 0. The van der Waals surface area contributed by atoms with E-state index in [1.807, 2.05) is 30.3 Å². The molecule has 0 unspecified atom stereocenters. The Morgan fingerprint density at radius 2 is 1.09 bits per heavy atom. The van der Waals surface area contributed by atoms with Crippen LogP contribution in [0.15, 0.2) is 187 Å². The fourth-order valence-corrected chi connectivity index (χ4v) is 10.6. The van der Waals surface area contributed by atoms with Crippen LogP contribution < -0.4 is 4.57 Å². The molecule has 3 heterocycles. The molecule has 0 atom stereocenters. The molecule has 0 spiro atoms. The molecular weight excluding hydrogens is 726 g/mol. The molecule has 11 rings (SSSR count). The van der Waals surface area contributed by atoms with Crippen molar-refractivity contribution in [3.63, 3.8) is 0 Å². The van der Waals surface area contributed by atoms with Crippen molar-refractivity contribution in [2.75, 3.05) is 0 Å². The van der Waals surface area contributed by atoms with Crippen molar-refractivity contribution in [1.29, 1.82) is 0 Å². The number of rotatable bonds is 5. The first kappa shape index (κ1) is 30.9. The molecule has 0 saturated heterocycles. The Bertz CT molecular complexity index is 3210. The molecule has 3 aromatic heterocycles. The Morgan fingerprint density at radius 1 is 0.463 bits per heavy atom. The zero-order valence-corrected chi connectivity index (χ0v) is 30.7. The number of fused-ring (bicyclic) bond motifs is 8. The van der Waals surface area contributed by atoms with Crippen molar-refractivity contribution in [2.24, 2.45) is 0 Å². The van der Waals surface area contributed by atoms with Gasteiger partial charge in [-0.15, -0.1) is 0 Å². The van der Waals surface area contributed by atoms with Crippen molar-refractivity contribution >= 4 is 66.4 Å². The molecule has 0 N–H and O–H groups in total. The van der Waals surface area contributed by atoms with Crippen molar-refractivity contribution in [1.82, 2.24) is 9.97 Å². The number of aromatic nitrogens is 3. The van der Waals surface area contributed by atoms with Crippen molar-refractivity contribution in [2.45, 2.75) is 0 Å². The second-order valence-corrected chi connectivity index (χ2v) is 15.8. The fourth-order valence-electron chi connectivity index (χ4n) is 7.75. The Balaban J connectivity index is 1.13. The number of hydrogen-bond acceptors (Lipinski definition) is 3. The van der Waals surface area contributed by atoms with Crippen LogP contribution in [0.2, 0.25) is 0 Å². The fraction of sp³-hybridized carbons (Fsp3) is 0. The molecule has 5 heteroatoms. The van der Waals surface area contributed by atoms with Gasteiger partial charge in [0.1, 0.15) is 0 Å². The third-order valence-electron chi connectivity index (χ3n) is 10.4. The molecule has 0 fully saturated rings. The predicted molar refractivity (Wildman–Crippen MR) is 222 cm³/mol. The number of benzene rings is 8. The van der Waals surface area contributed by atoms with Gasteiger partial charge in [-0.25, -0.2) is 0 Å². The van der Waals surface area contributed by atoms with Gasteiger partial charge in [0.15, 0.2) is 0 Å². The first-order valence-corrected chi connectivity index (χ1v) is 19.8. The Labute approximate surface area is 317 Å². The standard InChI is InChI=1S/C49H30N3OSe/c1-4-12-31(13-5-1)37-18-10-19-38-39-20-11-21-44(48(39)54-47(37)38)52-29-42(33-14-6-2-7-15-33)50-43(30-52)36-25-23-32-22-24-34-26-27-41-46(45(34)40(32)28-36)53-49(51-41)35-16-8-3-9-17-35/h1-30H/q+1. The average molecular weight is 756 g/mol. The summed E-state index contributed by atoms with van der Waals surface area (Å²) in [5, 5.41) is 7.07. The molecule has 0 aliphatic carbocycles.